The third-order valence-corrected chi connectivity index (χ3v) is 6.55. The van der Waals surface area contributed by atoms with Crippen LogP contribution in [0.1, 0.15) is 18.5 Å². The van der Waals surface area contributed by atoms with Crippen LogP contribution in [0.4, 0.5) is 5.69 Å². The zero-order chi connectivity index (χ0) is 24.7. The Morgan fingerprint density at radius 1 is 1.03 bits per heavy atom. The lowest BCUT2D eigenvalue weighted by atomic mass is 10.1. The van der Waals surface area contributed by atoms with Gasteiger partial charge in [0, 0.05) is 16.8 Å². The molecule has 0 fully saturated rings. The average molecular weight is 497 g/mol. The van der Waals surface area contributed by atoms with Crippen LogP contribution in [0.2, 0.25) is 0 Å². The molecule has 5 rings (SSSR count). The molecule has 2 N–H and O–H groups in total. The second-order valence-corrected chi connectivity index (χ2v) is 9.27. The molecule has 0 saturated heterocycles. The molecule has 1 amide bonds. The Morgan fingerprint density at radius 3 is 2.67 bits per heavy atom. The second kappa shape index (κ2) is 10.9. The van der Waals surface area contributed by atoms with Crippen molar-refractivity contribution >= 4 is 40.3 Å². The van der Waals surface area contributed by atoms with Crippen molar-refractivity contribution in [1.82, 2.24) is 20.2 Å². The van der Waals surface area contributed by atoms with Crippen LogP contribution in [0, 0.1) is 0 Å². The quantitative estimate of drug-likeness (QED) is 0.164. The maximum atomic E-state index is 12.6. The molecule has 0 saturated carbocycles. The van der Waals surface area contributed by atoms with E-state index >= 15 is 0 Å². The van der Waals surface area contributed by atoms with Gasteiger partial charge in [0.05, 0.1) is 24.3 Å². The van der Waals surface area contributed by atoms with Crippen LogP contribution in [-0.4, -0.2) is 32.1 Å². The van der Waals surface area contributed by atoms with Gasteiger partial charge in [-0.2, -0.15) is 5.10 Å². The first-order chi connectivity index (χ1) is 17.7. The molecule has 3 aromatic carbocycles. The van der Waals surface area contributed by atoms with Gasteiger partial charge in [-0.25, -0.2) is 5.43 Å². The summed E-state index contributed by atoms with van der Waals surface area (Å²) in [7, 11) is 0. The number of hydrogen-bond donors (Lipinski definition) is 2. The fraction of sp³-hybridized carbons (Fsp3) is 0.111. The number of nitrogens with one attached hydrogen (secondary N) is 2. The minimum absolute atomic E-state index is 0.249. The van der Waals surface area contributed by atoms with Crippen molar-refractivity contribution in [2.24, 2.45) is 5.10 Å². The summed E-state index contributed by atoms with van der Waals surface area (Å²) in [6, 6.07) is 27.8. The molecule has 9 heteroatoms. The SMILES string of the molecule is C[C@H](Sc1nnc(CNc2cccc3ccccc23)n1-c1ccccc1)C(=O)N/N=C\c1ccco1. The van der Waals surface area contributed by atoms with Gasteiger partial charge in [-0.15, -0.1) is 10.2 Å². The molecule has 0 aliphatic rings. The van der Waals surface area contributed by atoms with Crippen LogP contribution in [0.3, 0.4) is 0 Å². The number of thioether (sulfide) groups is 1. The molecule has 0 radical (unpaired) electrons. The first-order valence-electron chi connectivity index (χ1n) is 11.4. The van der Waals surface area contributed by atoms with Crippen molar-refractivity contribution in [3.63, 3.8) is 0 Å². The first kappa shape index (κ1) is 23.4. The van der Waals surface area contributed by atoms with Crippen molar-refractivity contribution in [3.05, 3.63) is 103 Å². The Bertz CT molecular complexity index is 1480. The summed E-state index contributed by atoms with van der Waals surface area (Å²) < 4.78 is 7.16. The predicted octanol–water partition coefficient (Wildman–Crippen LogP) is 5.26. The Kier molecular flexibility index (Phi) is 7.09. The molecule has 180 valence electrons. The van der Waals surface area contributed by atoms with Gasteiger partial charge >= 0.3 is 0 Å². The van der Waals surface area contributed by atoms with E-state index in [2.05, 4.69) is 50.3 Å². The number of hydrogen-bond acceptors (Lipinski definition) is 7. The van der Waals surface area contributed by atoms with E-state index in [0.717, 1.165) is 28.0 Å². The summed E-state index contributed by atoms with van der Waals surface area (Å²) in [5, 5.41) is 18.8. The summed E-state index contributed by atoms with van der Waals surface area (Å²) in [4.78, 5) is 12.6. The minimum Gasteiger partial charge on any atom is -0.463 e. The van der Waals surface area contributed by atoms with E-state index in [9.17, 15) is 4.79 Å². The lowest BCUT2D eigenvalue weighted by molar-refractivity contribution is -0.120. The average Bonchev–Trinajstić information content (AvgIpc) is 3.58. The van der Waals surface area contributed by atoms with Crippen molar-refractivity contribution < 1.29 is 9.21 Å². The maximum Gasteiger partial charge on any atom is 0.253 e. The molecule has 0 aliphatic carbocycles. The molecule has 36 heavy (non-hydrogen) atoms. The highest BCUT2D eigenvalue weighted by atomic mass is 32.2. The predicted molar refractivity (Wildman–Crippen MR) is 142 cm³/mol. The number of aromatic nitrogens is 3. The highest BCUT2D eigenvalue weighted by Crippen LogP contribution is 2.27. The highest BCUT2D eigenvalue weighted by Gasteiger charge is 2.21. The van der Waals surface area contributed by atoms with Gasteiger partial charge in [0.15, 0.2) is 11.0 Å². The normalized spacial score (nSPS) is 12.1. The maximum absolute atomic E-state index is 12.6. The molecule has 5 aromatic rings. The topological polar surface area (TPSA) is 97.3 Å². The number of furan rings is 1. The van der Waals surface area contributed by atoms with Crippen LogP contribution in [-0.2, 0) is 11.3 Å². The molecule has 2 heterocycles. The zero-order valence-electron chi connectivity index (χ0n) is 19.5. The summed E-state index contributed by atoms with van der Waals surface area (Å²) in [5.74, 6) is 1.05. The molecule has 0 aliphatic heterocycles. The summed E-state index contributed by atoms with van der Waals surface area (Å²) in [6.07, 6.45) is 3.00. The Hall–Kier alpha value is -4.37. The van der Waals surface area contributed by atoms with E-state index in [1.165, 1.54) is 18.0 Å². The molecule has 8 nitrogen and oxygen atoms in total. The van der Waals surface area contributed by atoms with Gasteiger partial charge in [-0.1, -0.05) is 66.4 Å². The Morgan fingerprint density at radius 2 is 1.83 bits per heavy atom. The Balaban J connectivity index is 1.35. The fourth-order valence-corrected chi connectivity index (χ4v) is 4.59. The van der Waals surface area contributed by atoms with Gasteiger partial charge in [0.25, 0.3) is 5.91 Å². The van der Waals surface area contributed by atoms with Crippen LogP contribution < -0.4 is 10.7 Å². The molecule has 0 unspecified atom stereocenters. The number of benzene rings is 3. The smallest absolute Gasteiger partial charge is 0.253 e. The largest absolute Gasteiger partial charge is 0.463 e. The third-order valence-electron chi connectivity index (χ3n) is 5.50. The van der Waals surface area contributed by atoms with Crippen molar-refractivity contribution in [3.8, 4) is 5.69 Å². The van der Waals surface area contributed by atoms with E-state index in [1.807, 2.05) is 53.1 Å². The lowest BCUT2D eigenvalue weighted by Gasteiger charge is -2.14. The zero-order valence-corrected chi connectivity index (χ0v) is 20.4. The lowest BCUT2D eigenvalue weighted by Crippen LogP contribution is -2.27. The fourth-order valence-electron chi connectivity index (χ4n) is 3.71. The molecule has 1 atom stereocenters. The van der Waals surface area contributed by atoms with E-state index in [0.29, 0.717) is 17.5 Å². The van der Waals surface area contributed by atoms with Crippen molar-refractivity contribution in [1.29, 1.82) is 0 Å². The van der Waals surface area contributed by atoms with E-state index < -0.39 is 5.25 Å². The van der Waals surface area contributed by atoms with Crippen molar-refractivity contribution in [2.75, 3.05) is 5.32 Å². The second-order valence-electron chi connectivity index (χ2n) is 7.96. The number of hydrazone groups is 1. The molecular weight excluding hydrogens is 472 g/mol. The number of fused-ring (bicyclic) bond motifs is 1. The summed E-state index contributed by atoms with van der Waals surface area (Å²) >= 11 is 1.32. The number of rotatable bonds is 9. The Labute approximate surface area is 212 Å². The first-order valence-corrected chi connectivity index (χ1v) is 12.3. The number of carbonyl (C=O) groups excluding carboxylic acids is 1. The van der Waals surface area contributed by atoms with Crippen LogP contribution in [0.25, 0.3) is 16.5 Å². The number of anilines is 1. The molecule has 0 bridgehead atoms. The number of para-hydroxylation sites is 1. The van der Waals surface area contributed by atoms with Gasteiger partial charge in [-0.3, -0.25) is 9.36 Å². The van der Waals surface area contributed by atoms with Gasteiger partial charge in [0.1, 0.15) is 5.76 Å². The third kappa shape index (κ3) is 5.31. The standard InChI is InChI=1S/C27H24N6O2S/c1-19(26(34)31-29-17-22-13-8-16-35-22)36-27-32-30-25(33(27)21-11-3-2-4-12-21)18-28-24-15-7-10-20-9-5-6-14-23(20)24/h2-17,19,28H,18H2,1H3,(H,31,34)/b29-17-/t19-/m0/s1. The molecular formula is C27H24N6O2S. The molecule has 0 spiro atoms. The number of nitrogens with zero attached hydrogens (tertiary/aromatic N) is 4. The van der Waals surface area contributed by atoms with Gasteiger partial charge < -0.3 is 9.73 Å². The highest BCUT2D eigenvalue weighted by molar-refractivity contribution is 8.00. The van der Waals surface area contributed by atoms with Crippen LogP contribution in [0.15, 0.2) is 106 Å². The minimum atomic E-state index is -0.454. The monoisotopic (exact) mass is 496 g/mol. The van der Waals surface area contributed by atoms with Gasteiger partial charge in [-0.05, 0) is 42.6 Å². The molecule has 2 aromatic heterocycles. The summed E-state index contributed by atoms with van der Waals surface area (Å²) in [6.45, 7) is 2.27. The van der Waals surface area contributed by atoms with Crippen LogP contribution >= 0.6 is 11.8 Å². The van der Waals surface area contributed by atoms with E-state index in [-0.39, 0.29) is 5.91 Å². The number of carbonyl (C=O) groups is 1. The van der Waals surface area contributed by atoms with Crippen molar-refractivity contribution in [2.45, 2.75) is 23.9 Å². The van der Waals surface area contributed by atoms with E-state index in [1.54, 1.807) is 25.3 Å². The van der Waals surface area contributed by atoms with Gasteiger partial charge in [0.2, 0.25) is 0 Å². The summed E-state index contributed by atoms with van der Waals surface area (Å²) in [5.41, 5.74) is 4.49. The van der Waals surface area contributed by atoms with E-state index in [4.69, 9.17) is 4.42 Å². The number of amides is 1. The van der Waals surface area contributed by atoms with Crippen LogP contribution in [0.5, 0.6) is 0 Å².